The lowest BCUT2D eigenvalue weighted by atomic mass is 9.96. The van der Waals surface area contributed by atoms with Crippen molar-refractivity contribution >= 4 is 5.69 Å². The Kier molecular flexibility index (Phi) is 2.97. The molecule has 0 amide bonds. The summed E-state index contributed by atoms with van der Waals surface area (Å²) in [5.74, 6) is -9.80. The highest BCUT2D eigenvalue weighted by atomic mass is 19.2. The van der Waals surface area contributed by atoms with Crippen molar-refractivity contribution in [3.8, 4) is 0 Å². The minimum atomic E-state index is -2.16. The average Bonchev–Trinajstić information content (AvgIpc) is 3.01. The van der Waals surface area contributed by atoms with Gasteiger partial charge in [0.25, 0.3) is 0 Å². The van der Waals surface area contributed by atoms with E-state index in [9.17, 15) is 22.0 Å². The zero-order valence-corrected chi connectivity index (χ0v) is 10.1. The number of nitrogens with two attached hydrogens (primary N) is 1. The number of hydrogen-bond acceptors (Lipinski definition) is 2. The van der Waals surface area contributed by atoms with Gasteiger partial charge in [-0.2, -0.15) is 0 Å². The predicted molar refractivity (Wildman–Crippen MR) is 62.4 cm³/mol. The Hall–Kier alpha value is -1.63. The van der Waals surface area contributed by atoms with Gasteiger partial charge < -0.3 is 11.1 Å². The molecule has 1 aromatic carbocycles. The van der Waals surface area contributed by atoms with Gasteiger partial charge in [-0.15, -0.1) is 0 Å². The van der Waals surface area contributed by atoms with E-state index in [4.69, 9.17) is 5.73 Å². The first-order chi connectivity index (χ1) is 9.41. The smallest absolute Gasteiger partial charge is 0.200 e. The second kappa shape index (κ2) is 4.44. The fraction of sp³-hybridized carbons (Fsp3) is 0.385. The van der Waals surface area contributed by atoms with Crippen LogP contribution in [-0.2, 0) is 0 Å². The summed E-state index contributed by atoms with van der Waals surface area (Å²) < 4.78 is 66.3. The second-order valence-electron chi connectivity index (χ2n) is 5.14. The van der Waals surface area contributed by atoms with E-state index in [0.717, 1.165) is 0 Å². The van der Waals surface area contributed by atoms with Gasteiger partial charge in [-0.25, -0.2) is 22.0 Å². The normalized spacial score (nSPS) is 31.1. The van der Waals surface area contributed by atoms with E-state index in [1.54, 1.807) is 0 Å². The van der Waals surface area contributed by atoms with E-state index in [1.807, 2.05) is 12.2 Å². The minimum absolute atomic E-state index is 0.0648. The Balaban J connectivity index is 1.98. The van der Waals surface area contributed by atoms with Crippen LogP contribution in [0.3, 0.4) is 0 Å². The van der Waals surface area contributed by atoms with Gasteiger partial charge in [-0.1, -0.05) is 12.2 Å². The van der Waals surface area contributed by atoms with Crippen molar-refractivity contribution in [3.05, 3.63) is 41.2 Å². The Bertz CT molecular complexity index is 572. The molecule has 0 radical (unpaired) electrons. The topological polar surface area (TPSA) is 38.0 Å². The summed E-state index contributed by atoms with van der Waals surface area (Å²) in [6.45, 7) is 0. The van der Waals surface area contributed by atoms with Gasteiger partial charge >= 0.3 is 0 Å². The molecule has 2 nitrogen and oxygen atoms in total. The molecule has 0 saturated heterocycles. The quantitative estimate of drug-likeness (QED) is 0.380. The molecule has 2 bridgehead atoms. The number of halogens is 5. The molecule has 7 heteroatoms. The minimum Gasteiger partial charge on any atom is -0.375 e. The third-order valence-electron chi connectivity index (χ3n) is 4.04. The monoisotopic (exact) mass is 290 g/mol. The van der Waals surface area contributed by atoms with E-state index < -0.39 is 46.9 Å². The highest BCUT2D eigenvalue weighted by Gasteiger charge is 2.43. The molecule has 1 aromatic rings. The first-order valence-corrected chi connectivity index (χ1v) is 6.13. The van der Waals surface area contributed by atoms with Crippen LogP contribution >= 0.6 is 0 Å². The average molecular weight is 290 g/mol. The van der Waals surface area contributed by atoms with Crippen molar-refractivity contribution < 1.29 is 22.0 Å². The van der Waals surface area contributed by atoms with Crippen LogP contribution in [0.5, 0.6) is 0 Å². The third kappa shape index (κ3) is 1.72. The van der Waals surface area contributed by atoms with Crippen LogP contribution in [0.4, 0.5) is 27.6 Å². The molecule has 2 aliphatic rings. The van der Waals surface area contributed by atoms with E-state index in [0.29, 0.717) is 6.42 Å². The summed E-state index contributed by atoms with van der Waals surface area (Å²) in [7, 11) is 0. The predicted octanol–water partition coefficient (Wildman–Crippen LogP) is 2.70. The van der Waals surface area contributed by atoms with Crippen molar-refractivity contribution in [2.75, 3.05) is 5.32 Å². The fourth-order valence-corrected chi connectivity index (χ4v) is 2.96. The largest absolute Gasteiger partial charge is 0.375 e. The van der Waals surface area contributed by atoms with E-state index >= 15 is 0 Å². The summed E-state index contributed by atoms with van der Waals surface area (Å²) in [6, 6.07) is -0.960. The maximum atomic E-state index is 13.6. The molecule has 0 aliphatic heterocycles. The summed E-state index contributed by atoms with van der Waals surface area (Å²) in [4.78, 5) is 0. The number of rotatable bonds is 2. The number of fused-ring (bicyclic) bond motifs is 2. The van der Waals surface area contributed by atoms with Crippen LogP contribution in [-0.4, -0.2) is 12.1 Å². The van der Waals surface area contributed by atoms with Crippen molar-refractivity contribution in [3.63, 3.8) is 0 Å². The molecule has 0 aromatic heterocycles. The molecule has 3 rings (SSSR count). The van der Waals surface area contributed by atoms with E-state index in [-0.39, 0.29) is 11.8 Å². The van der Waals surface area contributed by atoms with Gasteiger partial charge in [-0.3, -0.25) is 0 Å². The highest BCUT2D eigenvalue weighted by Crippen LogP contribution is 2.40. The standard InChI is InChI=1S/C13H11F5N2/c14-6-7(15)9(17)13(10(18)8(6)16)20-12-5-2-1-4(3-5)11(12)19/h1-2,4-5,11-12,20H,3,19H2/t4-,5+,11-,12+/m1/s1. The number of hydrogen-bond donors (Lipinski definition) is 2. The maximum absolute atomic E-state index is 13.6. The zero-order valence-electron chi connectivity index (χ0n) is 10.1. The van der Waals surface area contributed by atoms with Crippen molar-refractivity contribution in [1.29, 1.82) is 0 Å². The van der Waals surface area contributed by atoms with Crippen molar-refractivity contribution in [1.82, 2.24) is 0 Å². The van der Waals surface area contributed by atoms with Crippen LogP contribution in [0.1, 0.15) is 6.42 Å². The van der Waals surface area contributed by atoms with Crippen LogP contribution in [0, 0.1) is 40.9 Å². The van der Waals surface area contributed by atoms with Gasteiger partial charge in [0, 0.05) is 12.1 Å². The fourth-order valence-electron chi connectivity index (χ4n) is 2.96. The number of anilines is 1. The van der Waals surface area contributed by atoms with Gasteiger partial charge in [0.1, 0.15) is 5.69 Å². The number of benzene rings is 1. The summed E-state index contributed by atoms with van der Waals surface area (Å²) in [5.41, 5.74) is 4.89. The third-order valence-corrected chi connectivity index (χ3v) is 4.04. The lowest BCUT2D eigenvalue weighted by Gasteiger charge is -2.27. The van der Waals surface area contributed by atoms with Crippen LogP contribution in [0.25, 0.3) is 0 Å². The van der Waals surface area contributed by atoms with Gasteiger partial charge in [0.2, 0.25) is 5.82 Å². The molecule has 0 unspecified atom stereocenters. The Morgan fingerprint density at radius 2 is 1.35 bits per heavy atom. The Morgan fingerprint density at radius 1 is 0.850 bits per heavy atom. The summed E-state index contributed by atoms with van der Waals surface area (Å²) in [6.07, 6.45) is 4.47. The van der Waals surface area contributed by atoms with Crippen LogP contribution in [0.2, 0.25) is 0 Å². The van der Waals surface area contributed by atoms with Crippen molar-refractivity contribution in [2.24, 2.45) is 17.6 Å². The van der Waals surface area contributed by atoms with Crippen molar-refractivity contribution in [2.45, 2.75) is 18.5 Å². The molecule has 20 heavy (non-hydrogen) atoms. The summed E-state index contributed by atoms with van der Waals surface area (Å²) in [5, 5.41) is 2.39. The second-order valence-corrected chi connectivity index (χ2v) is 5.14. The molecule has 0 spiro atoms. The molecular formula is C13H11F5N2. The first kappa shape index (κ1) is 13.4. The molecule has 2 aliphatic carbocycles. The lowest BCUT2D eigenvalue weighted by Crippen LogP contribution is -2.43. The van der Waals surface area contributed by atoms with E-state index in [1.165, 1.54) is 0 Å². The number of nitrogens with one attached hydrogen (secondary N) is 1. The molecule has 0 heterocycles. The molecule has 4 atom stereocenters. The van der Waals surface area contributed by atoms with Gasteiger partial charge in [0.15, 0.2) is 23.3 Å². The molecule has 3 N–H and O–H groups in total. The van der Waals surface area contributed by atoms with E-state index in [2.05, 4.69) is 5.32 Å². The van der Waals surface area contributed by atoms with Gasteiger partial charge in [-0.05, 0) is 18.3 Å². The molecular weight excluding hydrogens is 279 g/mol. The maximum Gasteiger partial charge on any atom is 0.200 e. The molecule has 1 saturated carbocycles. The Labute approximate surface area is 111 Å². The van der Waals surface area contributed by atoms with Gasteiger partial charge in [0.05, 0.1) is 0 Å². The Morgan fingerprint density at radius 3 is 1.85 bits per heavy atom. The van der Waals surface area contributed by atoms with Crippen LogP contribution in [0.15, 0.2) is 12.2 Å². The highest BCUT2D eigenvalue weighted by molar-refractivity contribution is 5.50. The van der Waals surface area contributed by atoms with Crippen LogP contribution < -0.4 is 11.1 Å². The lowest BCUT2D eigenvalue weighted by molar-refractivity contribution is 0.379. The zero-order chi connectivity index (χ0) is 14.6. The first-order valence-electron chi connectivity index (χ1n) is 6.13. The molecule has 1 fully saturated rings. The molecule has 108 valence electrons. The summed E-state index contributed by atoms with van der Waals surface area (Å²) >= 11 is 0. The SMILES string of the molecule is N[C@H]1[C@@H](Nc2c(F)c(F)c(F)c(F)c2F)[C@H]2C=C[C@@H]1C2.